The van der Waals surface area contributed by atoms with Gasteiger partial charge in [0, 0.05) is 24.6 Å². The zero-order valence-corrected chi connectivity index (χ0v) is 14.1. The van der Waals surface area contributed by atoms with Crippen molar-refractivity contribution in [3.05, 3.63) is 17.7 Å². The summed E-state index contributed by atoms with van der Waals surface area (Å²) in [4.78, 5) is 12.0. The number of hydrogen-bond acceptors (Lipinski definition) is 5. The zero-order chi connectivity index (χ0) is 16.7. The van der Waals surface area contributed by atoms with E-state index < -0.39 is 0 Å². The molecule has 6 heteroatoms. The van der Waals surface area contributed by atoms with Gasteiger partial charge in [-0.15, -0.1) is 0 Å². The van der Waals surface area contributed by atoms with Crippen molar-refractivity contribution in [3.63, 3.8) is 0 Å². The number of carbonyl (C=O) groups is 1. The highest BCUT2D eigenvalue weighted by atomic mass is 16.5. The summed E-state index contributed by atoms with van der Waals surface area (Å²) in [6.45, 7) is 2.50. The van der Waals surface area contributed by atoms with Crippen LogP contribution in [0.15, 0.2) is 12.1 Å². The van der Waals surface area contributed by atoms with E-state index in [1.807, 2.05) is 6.07 Å². The highest BCUT2D eigenvalue weighted by Crippen LogP contribution is 2.34. The molecule has 1 aliphatic heterocycles. The maximum atomic E-state index is 12.0. The van der Waals surface area contributed by atoms with Crippen LogP contribution >= 0.6 is 0 Å². The minimum absolute atomic E-state index is 0.0636. The van der Waals surface area contributed by atoms with Gasteiger partial charge in [0.2, 0.25) is 5.91 Å². The predicted octanol–water partition coefficient (Wildman–Crippen LogP) is 1.72. The van der Waals surface area contributed by atoms with Gasteiger partial charge in [-0.1, -0.05) is 0 Å². The van der Waals surface area contributed by atoms with Crippen LogP contribution in [0, 0.1) is 5.92 Å². The fourth-order valence-corrected chi connectivity index (χ4v) is 2.81. The summed E-state index contributed by atoms with van der Waals surface area (Å²) in [6, 6.07) is 3.60. The summed E-state index contributed by atoms with van der Waals surface area (Å²) in [5.74, 6) is 2.58. The summed E-state index contributed by atoms with van der Waals surface area (Å²) in [5.41, 5.74) is 0.862. The minimum Gasteiger partial charge on any atom is -0.496 e. The fraction of sp³-hybridized carbons (Fsp3) is 0.588. The molecule has 1 aromatic carbocycles. The van der Waals surface area contributed by atoms with Gasteiger partial charge in [0.25, 0.3) is 0 Å². The van der Waals surface area contributed by atoms with Crippen LogP contribution < -0.4 is 24.8 Å². The minimum atomic E-state index is 0.0636. The highest BCUT2D eigenvalue weighted by molar-refractivity contribution is 5.76. The first-order chi connectivity index (χ1) is 11.2. The molecule has 6 nitrogen and oxygen atoms in total. The van der Waals surface area contributed by atoms with E-state index in [1.165, 1.54) is 0 Å². The molecule has 0 aromatic heterocycles. The SMILES string of the molecule is COc1cc(OC)c(OC)cc1CNC(=O)CCC1CCNC1. The summed E-state index contributed by atoms with van der Waals surface area (Å²) in [5, 5.41) is 6.27. The third-order valence-corrected chi connectivity index (χ3v) is 4.20. The van der Waals surface area contributed by atoms with Crippen molar-refractivity contribution in [2.75, 3.05) is 34.4 Å². The van der Waals surface area contributed by atoms with Gasteiger partial charge in [0.05, 0.1) is 21.3 Å². The van der Waals surface area contributed by atoms with Crippen LogP contribution in [0.4, 0.5) is 0 Å². The Labute approximate surface area is 137 Å². The molecular weight excluding hydrogens is 296 g/mol. The molecule has 0 saturated carbocycles. The van der Waals surface area contributed by atoms with Crippen molar-refractivity contribution in [2.24, 2.45) is 5.92 Å². The Morgan fingerprint density at radius 2 is 1.87 bits per heavy atom. The van der Waals surface area contributed by atoms with Crippen LogP contribution in [0.25, 0.3) is 0 Å². The van der Waals surface area contributed by atoms with E-state index in [2.05, 4.69) is 10.6 Å². The van der Waals surface area contributed by atoms with Crippen LogP contribution in [0.1, 0.15) is 24.8 Å². The van der Waals surface area contributed by atoms with Gasteiger partial charge >= 0.3 is 0 Å². The molecule has 1 amide bonds. The molecule has 0 spiro atoms. The summed E-state index contributed by atoms with van der Waals surface area (Å²) in [6.07, 6.45) is 2.65. The smallest absolute Gasteiger partial charge is 0.220 e. The largest absolute Gasteiger partial charge is 0.496 e. The lowest BCUT2D eigenvalue weighted by molar-refractivity contribution is -0.121. The average molecular weight is 322 g/mol. The van der Waals surface area contributed by atoms with Crippen LogP contribution in [-0.2, 0) is 11.3 Å². The third-order valence-electron chi connectivity index (χ3n) is 4.20. The Morgan fingerprint density at radius 1 is 1.17 bits per heavy atom. The van der Waals surface area contributed by atoms with Gasteiger partial charge in [-0.25, -0.2) is 0 Å². The first-order valence-electron chi connectivity index (χ1n) is 7.94. The Balaban J connectivity index is 1.91. The summed E-state index contributed by atoms with van der Waals surface area (Å²) in [7, 11) is 4.76. The Bertz CT molecular complexity index is 528. The molecule has 0 bridgehead atoms. The van der Waals surface area contributed by atoms with Crippen molar-refractivity contribution in [1.29, 1.82) is 0 Å². The van der Waals surface area contributed by atoms with E-state index in [-0.39, 0.29) is 5.91 Å². The van der Waals surface area contributed by atoms with E-state index in [0.717, 1.165) is 31.5 Å². The van der Waals surface area contributed by atoms with Crippen LogP contribution in [0.2, 0.25) is 0 Å². The van der Waals surface area contributed by atoms with Gasteiger partial charge in [0.1, 0.15) is 5.75 Å². The molecule has 1 unspecified atom stereocenters. The quantitative estimate of drug-likeness (QED) is 0.763. The van der Waals surface area contributed by atoms with Gasteiger partial charge in [-0.3, -0.25) is 4.79 Å². The monoisotopic (exact) mass is 322 g/mol. The number of amides is 1. The standard InChI is InChI=1S/C17H26N2O4/c1-21-14-9-16(23-3)15(22-2)8-13(14)11-19-17(20)5-4-12-6-7-18-10-12/h8-9,12,18H,4-7,10-11H2,1-3H3,(H,19,20). The number of benzene rings is 1. The second-order valence-electron chi connectivity index (χ2n) is 5.69. The number of hydrogen-bond donors (Lipinski definition) is 2. The van der Waals surface area contributed by atoms with Crippen molar-refractivity contribution in [2.45, 2.75) is 25.8 Å². The van der Waals surface area contributed by atoms with E-state index in [9.17, 15) is 4.79 Å². The van der Waals surface area contributed by atoms with Crippen molar-refractivity contribution in [1.82, 2.24) is 10.6 Å². The van der Waals surface area contributed by atoms with E-state index in [0.29, 0.717) is 36.1 Å². The highest BCUT2D eigenvalue weighted by Gasteiger charge is 2.16. The van der Waals surface area contributed by atoms with Gasteiger partial charge in [-0.2, -0.15) is 0 Å². The second kappa shape index (κ2) is 8.62. The number of rotatable bonds is 8. The number of ether oxygens (including phenoxy) is 3. The van der Waals surface area contributed by atoms with E-state index in [4.69, 9.17) is 14.2 Å². The molecule has 128 valence electrons. The Morgan fingerprint density at radius 3 is 2.48 bits per heavy atom. The molecular formula is C17H26N2O4. The lowest BCUT2D eigenvalue weighted by atomic mass is 10.0. The predicted molar refractivity (Wildman–Crippen MR) is 88.2 cm³/mol. The molecule has 0 radical (unpaired) electrons. The molecule has 1 fully saturated rings. The molecule has 1 heterocycles. The van der Waals surface area contributed by atoms with Crippen molar-refractivity contribution >= 4 is 5.91 Å². The average Bonchev–Trinajstić information content (AvgIpc) is 3.10. The molecule has 1 saturated heterocycles. The first-order valence-corrected chi connectivity index (χ1v) is 7.94. The topological polar surface area (TPSA) is 68.8 Å². The van der Waals surface area contributed by atoms with Crippen molar-refractivity contribution < 1.29 is 19.0 Å². The van der Waals surface area contributed by atoms with Crippen LogP contribution in [-0.4, -0.2) is 40.3 Å². The normalized spacial score (nSPS) is 16.9. The van der Waals surface area contributed by atoms with Crippen molar-refractivity contribution in [3.8, 4) is 17.2 Å². The van der Waals surface area contributed by atoms with Gasteiger partial charge in [0.15, 0.2) is 11.5 Å². The lowest BCUT2D eigenvalue weighted by Crippen LogP contribution is -2.23. The molecule has 1 atom stereocenters. The number of carbonyl (C=O) groups excluding carboxylic acids is 1. The molecule has 1 aliphatic rings. The summed E-state index contributed by atoms with van der Waals surface area (Å²) >= 11 is 0. The van der Waals surface area contributed by atoms with Gasteiger partial charge in [-0.05, 0) is 37.9 Å². The maximum Gasteiger partial charge on any atom is 0.220 e. The molecule has 2 rings (SSSR count). The Kier molecular flexibility index (Phi) is 6.52. The van der Waals surface area contributed by atoms with E-state index in [1.54, 1.807) is 27.4 Å². The molecule has 23 heavy (non-hydrogen) atoms. The van der Waals surface area contributed by atoms with E-state index >= 15 is 0 Å². The lowest BCUT2D eigenvalue weighted by Gasteiger charge is -2.15. The first kappa shape index (κ1) is 17.4. The zero-order valence-electron chi connectivity index (χ0n) is 14.1. The van der Waals surface area contributed by atoms with Crippen LogP contribution in [0.5, 0.6) is 17.2 Å². The van der Waals surface area contributed by atoms with Gasteiger partial charge < -0.3 is 24.8 Å². The summed E-state index contributed by atoms with van der Waals surface area (Å²) < 4.78 is 15.9. The third kappa shape index (κ3) is 4.76. The maximum absolute atomic E-state index is 12.0. The fourth-order valence-electron chi connectivity index (χ4n) is 2.81. The van der Waals surface area contributed by atoms with Crippen LogP contribution in [0.3, 0.4) is 0 Å². The Hall–Kier alpha value is -1.95. The molecule has 2 N–H and O–H groups in total. The molecule has 1 aromatic rings. The number of nitrogens with one attached hydrogen (secondary N) is 2. The number of methoxy groups -OCH3 is 3. The second-order valence-corrected chi connectivity index (χ2v) is 5.69. The molecule has 0 aliphatic carbocycles.